The third-order valence-corrected chi connectivity index (χ3v) is 6.69. The molecule has 31 heavy (non-hydrogen) atoms. The standard InChI is InChI=1S/C25H30N4O2/c1-3-21(19-11-9-18(16-26)10-12-19)27-24(30)20-15-23(29-13-5-4-8-22(20)29)25(31)28-14-6-7-17(28)2/h9-12,15,17,21H,3-8,13-14H2,1-2H3,(H,27,30). The van der Waals surface area contributed by atoms with Crippen LogP contribution in [0.3, 0.4) is 0 Å². The van der Waals surface area contributed by atoms with Crippen LogP contribution in [0.4, 0.5) is 0 Å². The lowest BCUT2D eigenvalue weighted by Crippen LogP contribution is -2.35. The molecule has 0 saturated carbocycles. The molecule has 2 amide bonds. The molecule has 2 aliphatic rings. The van der Waals surface area contributed by atoms with Gasteiger partial charge < -0.3 is 14.8 Å². The van der Waals surface area contributed by atoms with Gasteiger partial charge in [0.2, 0.25) is 0 Å². The number of nitriles is 1. The number of hydrogen-bond donors (Lipinski definition) is 1. The van der Waals surface area contributed by atoms with Crippen LogP contribution in [-0.4, -0.2) is 33.9 Å². The monoisotopic (exact) mass is 418 g/mol. The van der Waals surface area contributed by atoms with Gasteiger partial charge >= 0.3 is 0 Å². The molecule has 2 unspecified atom stereocenters. The molecule has 1 aromatic carbocycles. The van der Waals surface area contributed by atoms with Crippen LogP contribution in [0.15, 0.2) is 30.3 Å². The van der Waals surface area contributed by atoms with Gasteiger partial charge in [0.25, 0.3) is 11.8 Å². The van der Waals surface area contributed by atoms with Crippen molar-refractivity contribution in [3.63, 3.8) is 0 Å². The third kappa shape index (κ3) is 4.10. The van der Waals surface area contributed by atoms with Gasteiger partial charge in [-0.05, 0) is 69.2 Å². The van der Waals surface area contributed by atoms with Crippen molar-refractivity contribution in [3.8, 4) is 6.07 Å². The maximum Gasteiger partial charge on any atom is 0.270 e. The van der Waals surface area contributed by atoms with Crippen molar-refractivity contribution in [2.75, 3.05) is 6.54 Å². The number of aromatic nitrogens is 1. The number of fused-ring (bicyclic) bond motifs is 1. The highest BCUT2D eigenvalue weighted by Gasteiger charge is 2.32. The average molecular weight is 419 g/mol. The van der Waals surface area contributed by atoms with Crippen molar-refractivity contribution in [2.45, 2.75) is 71.0 Å². The van der Waals surface area contributed by atoms with Crippen molar-refractivity contribution >= 4 is 11.8 Å². The molecular weight excluding hydrogens is 388 g/mol. The van der Waals surface area contributed by atoms with E-state index in [9.17, 15) is 9.59 Å². The predicted molar refractivity (Wildman–Crippen MR) is 119 cm³/mol. The van der Waals surface area contributed by atoms with E-state index >= 15 is 0 Å². The van der Waals surface area contributed by atoms with E-state index in [1.807, 2.05) is 30.0 Å². The number of nitrogens with zero attached hydrogens (tertiary/aromatic N) is 3. The quantitative estimate of drug-likeness (QED) is 0.790. The Balaban J connectivity index is 1.60. The Morgan fingerprint density at radius 3 is 2.61 bits per heavy atom. The number of amides is 2. The molecule has 0 aliphatic carbocycles. The van der Waals surface area contributed by atoms with E-state index in [1.165, 1.54) is 0 Å². The van der Waals surface area contributed by atoms with Gasteiger partial charge in [-0.15, -0.1) is 0 Å². The van der Waals surface area contributed by atoms with Crippen LogP contribution in [0.5, 0.6) is 0 Å². The van der Waals surface area contributed by atoms with Gasteiger partial charge in [0.15, 0.2) is 0 Å². The minimum Gasteiger partial charge on any atom is -0.345 e. The van der Waals surface area contributed by atoms with Gasteiger partial charge in [-0.1, -0.05) is 19.1 Å². The van der Waals surface area contributed by atoms with E-state index in [-0.39, 0.29) is 23.9 Å². The molecule has 1 aromatic heterocycles. The maximum atomic E-state index is 13.3. The summed E-state index contributed by atoms with van der Waals surface area (Å²) in [7, 11) is 0. The molecule has 1 fully saturated rings. The average Bonchev–Trinajstić information content (AvgIpc) is 3.41. The van der Waals surface area contributed by atoms with Crippen LogP contribution >= 0.6 is 0 Å². The molecule has 6 nitrogen and oxygen atoms in total. The zero-order chi connectivity index (χ0) is 22.0. The maximum absolute atomic E-state index is 13.3. The zero-order valence-electron chi connectivity index (χ0n) is 18.4. The summed E-state index contributed by atoms with van der Waals surface area (Å²) in [5, 5.41) is 12.2. The van der Waals surface area contributed by atoms with Crippen molar-refractivity contribution in [2.24, 2.45) is 0 Å². The summed E-state index contributed by atoms with van der Waals surface area (Å²) in [6.45, 7) is 5.71. The summed E-state index contributed by atoms with van der Waals surface area (Å²) in [5.74, 6) is -0.0817. The van der Waals surface area contributed by atoms with Gasteiger partial charge in [0.05, 0.1) is 23.2 Å². The Bertz CT molecular complexity index is 1020. The number of rotatable bonds is 5. The van der Waals surface area contributed by atoms with E-state index in [0.717, 1.165) is 62.9 Å². The SMILES string of the molecule is CCC(NC(=O)c1cc(C(=O)N2CCCC2C)n2c1CCCC2)c1ccc(C#N)cc1. The molecule has 3 heterocycles. The van der Waals surface area contributed by atoms with Gasteiger partial charge in [0.1, 0.15) is 5.69 Å². The summed E-state index contributed by atoms with van der Waals surface area (Å²) in [6.07, 6.45) is 5.70. The van der Waals surface area contributed by atoms with Gasteiger partial charge in [0, 0.05) is 24.8 Å². The molecule has 2 aliphatic heterocycles. The smallest absolute Gasteiger partial charge is 0.270 e. The Morgan fingerprint density at radius 2 is 1.97 bits per heavy atom. The second-order valence-electron chi connectivity index (χ2n) is 8.66. The molecule has 2 atom stereocenters. The van der Waals surface area contributed by atoms with Gasteiger partial charge in [-0.25, -0.2) is 0 Å². The molecular formula is C25H30N4O2. The minimum atomic E-state index is -0.142. The molecule has 0 spiro atoms. The van der Waals surface area contributed by atoms with Crippen molar-refractivity contribution in [1.82, 2.24) is 14.8 Å². The lowest BCUT2D eigenvalue weighted by atomic mass is 10.0. The molecule has 1 N–H and O–H groups in total. The summed E-state index contributed by atoms with van der Waals surface area (Å²) < 4.78 is 2.08. The summed E-state index contributed by atoms with van der Waals surface area (Å²) in [6, 6.07) is 11.4. The molecule has 4 rings (SSSR count). The van der Waals surface area contributed by atoms with Crippen LogP contribution in [-0.2, 0) is 13.0 Å². The number of carbonyl (C=O) groups is 2. The van der Waals surface area contributed by atoms with Crippen LogP contribution in [0.2, 0.25) is 0 Å². The minimum absolute atomic E-state index is 0.0475. The Labute approximate surface area is 183 Å². The van der Waals surface area contributed by atoms with E-state index < -0.39 is 0 Å². The Morgan fingerprint density at radius 1 is 1.19 bits per heavy atom. The fourth-order valence-corrected chi connectivity index (χ4v) is 4.88. The molecule has 6 heteroatoms. The number of carbonyl (C=O) groups excluding carboxylic acids is 2. The zero-order valence-corrected chi connectivity index (χ0v) is 18.4. The summed E-state index contributed by atoms with van der Waals surface area (Å²) >= 11 is 0. The second-order valence-corrected chi connectivity index (χ2v) is 8.66. The van der Waals surface area contributed by atoms with Crippen LogP contribution in [0.1, 0.15) is 89.7 Å². The Kier molecular flexibility index (Phi) is 6.13. The summed E-state index contributed by atoms with van der Waals surface area (Å²) in [4.78, 5) is 28.5. The highest BCUT2D eigenvalue weighted by molar-refractivity contribution is 6.01. The number of benzene rings is 1. The fraction of sp³-hybridized carbons (Fsp3) is 0.480. The molecule has 162 valence electrons. The first-order valence-electron chi connectivity index (χ1n) is 11.4. The normalized spacial score (nSPS) is 18.9. The van der Waals surface area contributed by atoms with Crippen LogP contribution < -0.4 is 5.32 Å². The highest BCUT2D eigenvalue weighted by Crippen LogP contribution is 2.28. The van der Waals surface area contributed by atoms with Crippen LogP contribution in [0.25, 0.3) is 0 Å². The molecule has 1 saturated heterocycles. The van der Waals surface area contributed by atoms with Crippen molar-refractivity contribution in [1.29, 1.82) is 5.26 Å². The summed E-state index contributed by atoms with van der Waals surface area (Å²) in [5.41, 5.74) is 3.84. The third-order valence-electron chi connectivity index (χ3n) is 6.69. The first-order chi connectivity index (χ1) is 15.0. The van der Waals surface area contributed by atoms with E-state index in [4.69, 9.17) is 5.26 Å². The number of likely N-dealkylation sites (tertiary alicyclic amines) is 1. The first-order valence-corrected chi connectivity index (χ1v) is 11.4. The largest absolute Gasteiger partial charge is 0.345 e. The van der Waals surface area contributed by atoms with Crippen LogP contribution in [0, 0.1) is 11.3 Å². The lowest BCUT2D eigenvalue weighted by Gasteiger charge is -2.24. The predicted octanol–water partition coefficient (Wildman–Crippen LogP) is 4.20. The lowest BCUT2D eigenvalue weighted by molar-refractivity contribution is 0.0735. The number of nitrogens with one attached hydrogen (secondary N) is 1. The molecule has 0 radical (unpaired) electrons. The van der Waals surface area contributed by atoms with Gasteiger partial charge in [-0.2, -0.15) is 5.26 Å². The first kappa shape index (κ1) is 21.2. The van der Waals surface area contributed by atoms with Gasteiger partial charge in [-0.3, -0.25) is 9.59 Å². The Hall–Kier alpha value is -3.07. The van der Waals surface area contributed by atoms with E-state index in [2.05, 4.69) is 22.9 Å². The van der Waals surface area contributed by atoms with E-state index in [0.29, 0.717) is 16.8 Å². The number of hydrogen-bond acceptors (Lipinski definition) is 3. The molecule has 2 aromatic rings. The second kappa shape index (κ2) is 8.97. The van der Waals surface area contributed by atoms with Crippen molar-refractivity contribution < 1.29 is 9.59 Å². The molecule has 0 bridgehead atoms. The van der Waals surface area contributed by atoms with E-state index in [1.54, 1.807) is 12.1 Å². The highest BCUT2D eigenvalue weighted by atomic mass is 16.2. The topological polar surface area (TPSA) is 78.1 Å². The fourth-order valence-electron chi connectivity index (χ4n) is 4.88. The van der Waals surface area contributed by atoms with Crippen molar-refractivity contribution in [3.05, 3.63) is 58.4 Å².